The topological polar surface area (TPSA) is 29.1 Å². The van der Waals surface area contributed by atoms with Crippen molar-refractivity contribution in [3.8, 4) is 0 Å². The molecule has 1 aromatic carbocycles. The summed E-state index contributed by atoms with van der Waals surface area (Å²) in [6.07, 6.45) is 3.22. The first-order valence-electron chi connectivity index (χ1n) is 5.93. The summed E-state index contributed by atoms with van der Waals surface area (Å²) in [5.74, 6) is 0.906. The van der Waals surface area contributed by atoms with Gasteiger partial charge in [-0.25, -0.2) is 0 Å². The zero-order chi connectivity index (χ0) is 13.1. The lowest BCUT2D eigenvalue weighted by Gasteiger charge is -2.19. The maximum absolute atomic E-state index is 12.1. The van der Waals surface area contributed by atoms with Crippen molar-refractivity contribution in [2.75, 3.05) is 5.88 Å². The van der Waals surface area contributed by atoms with Crippen LogP contribution in [0.2, 0.25) is 5.02 Å². The minimum Gasteiger partial charge on any atom is -0.349 e. The SMILES string of the molecule is O=C(NC1CCCC1CCl)c1cc(Cl)cc(Br)c1. The van der Waals surface area contributed by atoms with Gasteiger partial charge in [0.25, 0.3) is 5.91 Å². The van der Waals surface area contributed by atoms with Crippen molar-refractivity contribution in [1.82, 2.24) is 5.32 Å². The minimum absolute atomic E-state index is 0.0831. The van der Waals surface area contributed by atoms with Crippen LogP contribution in [0.25, 0.3) is 0 Å². The molecule has 0 aromatic heterocycles. The molecule has 0 radical (unpaired) electrons. The molecule has 1 aliphatic carbocycles. The van der Waals surface area contributed by atoms with Gasteiger partial charge in [0.15, 0.2) is 0 Å². The number of amides is 1. The van der Waals surface area contributed by atoms with Gasteiger partial charge >= 0.3 is 0 Å². The minimum atomic E-state index is -0.0831. The van der Waals surface area contributed by atoms with Crippen LogP contribution in [0.5, 0.6) is 0 Å². The molecule has 1 fully saturated rings. The smallest absolute Gasteiger partial charge is 0.251 e. The Labute approximate surface area is 125 Å². The van der Waals surface area contributed by atoms with E-state index in [2.05, 4.69) is 21.2 Å². The molecule has 2 unspecified atom stereocenters. The van der Waals surface area contributed by atoms with Crippen LogP contribution in [-0.2, 0) is 0 Å². The fourth-order valence-corrected chi connectivity index (χ4v) is 3.58. The Morgan fingerprint density at radius 2 is 2.17 bits per heavy atom. The third-order valence-corrected chi connectivity index (χ3v) is 4.37. The van der Waals surface area contributed by atoms with Crippen molar-refractivity contribution in [2.45, 2.75) is 25.3 Å². The van der Waals surface area contributed by atoms with Crippen LogP contribution in [-0.4, -0.2) is 17.8 Å². The van der Waals surface area contributed by atoms with E-state index in [1.807, 2.05) is 0 Å². The number of halogens is 3. The van der Waals surface area contributed by atoms with Crippen LogP contribution in [0.1, 0.15) is 29.6 Å². The predicted molar refractivity (Wildman–Crippen MR) is 78.5 cm³/mol. The summed E-state index contributed by atoms with van der Waals surface area (Å²) in [4.78, 5) is 12.1. The second-order valence-corrected chi connectivity index (χ2v) is 6.24. The van der Waals surface area contributed by atoms with Gasteiger partial charge in [-0.1, -0.05) is 34.0 Å². The number of rotatable bonds is 3. The van der Waals surface area contributed by atoms with E-state index in [1.54, 1.807) is 18.2 Å². The van der Waals surface area contributed by atoms with Gasteiger partial charge in [0.2, 0.25) is 0 Å². The van der Waals surface area contributed by atoms with Gasteiger partial charge in [0.05, 0.1) is 0 Å². The number of carbonyl (C=O) groups is 1. The number of hydrogen-bond acceptors (Lipinski definition) is 1. The molecule has 0 aliphatic heterocycles. The molecule has 1 N–H and O–H groups in total. The van der Waals surface area contributed by atoms with E-state index in [-0.39, 0.29) is 11.9 Å². The zero-order valence-corrected chi connectivity index (χ0v) is 12.9. The van der Waals surface area contributed by atoms with E-state index in [1.165, 1.54) is 0 Å². The summed E-state index contributed by atoms with van der Waals surface area (Å²) in [6, 6.07) is 5.39. The maximum Gasteiger partial charge on any atom is 0.251 e. The van der Waals surface area contributed by atoms with Gasteiger partial charge in [-0.2, -0.15) is 0 Å². The van der Waals surface area contributed by atoms with Gasteiger partial charge in [-0.15, -0.1) is 11.6 Å². The molecule has 1 aliphatic rings. The van der Waals surface area contributed by atoms with Crippen LogP contribution in [0.15, 0.2) is 22.7 Å². The summed E-state index contributed by atoms with van der Waals surface area (Å²) in [6.45, 7) is 0. The summed E-state index contributed by atoms with van der Waals surface area (Å²) < 4.78 is 0.806. The molecular weight excluding hydrogens is 337 g/mol. The summed E-state index contributed by atoms with van der Waals surface area (Å²) >= 11 is 15.2. The van der Waals surface area contributed by atoms with Crippen molar-refractivity contribution in [2.24, 2.45) is 5.92 Å². The highest BCUT2D eigenvalue weighted by molar-refractivity contribution is 9.10. The lowest BCUT2D eigenvalue weighted by atomic mass is 10.1. The largest absolute Gasteiger partial charge is 0.349 e. The Morgan fingerprint density at radius 3 is 2.83 bits per heavy atom. The van der Waals surface area contributed by atoms with Crippen molar-refractivity contribution in [1.29, 1.82) is 0 Å². The normalized spacial score (nSPS) is 23.1. The molecule has 2 rings (SSSR count). The van der Waals surface area contributed by atoms with Gasteiger partial charge in [-0.05, 0) is 37.0 Å². The van der Waals surface area contributed by atoms with Crippen molar-refractivity contribution in [3.05, 3.63) is 33.3 Å². The average Bonchev–Trinajstić information content (AvgIpc) is 2.75. The number of alkyl halides is 1. The highest BCUT2D eigenvalue weighted by atomic mass is 79.9. The first-order valence-corrected chi connectivity index (χ1v) is 7.63. The van der Waals surface area contributed by atoms with Crippen LogP contribution >= 0.6 is 39.1 Å². The van der Waals surface area contributed by atoms with Gasteiger partial charge in [-0.3, -0.25) is 4.79 Å². The third-order valence-electron chi connectivity index (χ3n) is 3.30. The number of benzene rings is 1. The molecule has 1 saturated carbocycles. The highest BCUT2D eigenvalue weighted by Crippen LogP contribution is 2.27. The molecular formula is C13H14BrCl2NO. The lowest BCUT2D eigenvalue weighted by molar-refractivity contribution is 0.0930. The second kappa shape index (κ2) is 6.27. The zero-order valence-electron chi connectivity index (χ0n) is 9.76. The number of hydrogen-bond donors (Lipinski definition) is 1. The fraction of sp³-hybridized carbons (Fsp3) is 0.462. The molecule has 0 heterocycles. The molecule has 5 heteroatoms. The molecule has 98 valence electrons. The Bertz CT molecular complexity index is 432. The Kier molecular flexibility index (Phi) is 4.93. The quantitative estimate of drug-likeness (QED) is 0.811. The number of nitrogens with one attached hydrogen (secondary N) is 1. The molecule has 0 spiro atoms. The fourth-order valence-electron chi connectivity index (χ4n) is 2.35. The summed E-state index contributed by atoms with van der Waals surface area (Å²) in [5.41, 5.74) is 0.578. The Balaban J connectivity index is 2.07. The van der Waals surface area contributed by atoms with Crippen molar-refractivity contribution >= 4 is 45.0 Å². The van der Waals surface area contributed by atoms with Gasteiger partial charge in [0, 0.05) is 27.0 Å². The van der Waals surface area contributed by atoms with Crippen molar-refractivity contribution < 1.29 is 4.79 Å². The molecule has 1 aromatic rings. The monoisotopic (exact) mass is 349 g/mol. The van der Waals surface area contributed by atoms with Crippen LogP contribution in [0, 0.1) is 5.92 Å². The summed E-state index contributed by atoms with van der Waals surface area (Å²) in [7, 11) is 0. The number of carbonyl (C=O) groups excluding carboxylic acids is 1. The van der Waals surface area contributed by atoms with Crippen molar-refractivity contribution in [3.63, 3.8) is 0 Å². The highest BCUT2D eigenvalue weighted by Gasteiger charge is 2.28. The van der Waals surface area contributed by atoms with Crippen LogP contribution in [0.4, 0.5) is 0 Å². The van der Waals surface area contributed by atoms with E-state index < -0.39 is 0 Å². The van der Waals surface area contributed by atoms with E-state index in [9.17, 15) is 4.79 Å². The molecule has 2 nitrogen and oxygen atoms in total. The van der Waals surface area contributed by atoms with E-state index in [0.29, 0.717) is 22.4 Å². The van der Waals surface area contributed by atoms with E-state index in [0.717, 1.165) is 23.7 Å². The predicted octanol–water partition coefficient (Wildman–Crippen LogP) is 4.24. The first-order chi connectivity index (χ1) is 8.60. The van der Waals surface area contributed by atoms with E-state index in [4.69, 9.17) is 23.2 Å². The van der Waals surface area contributed by atoms with Crippen LogP contribution in [0.3, 0.4) is 0 Å². The second-order valence-electron chi connectivity index (χ2n) is 4.58. The molecule has 1 amide bonds. The van der Waals surface area contributed by atoms with Gasteiger partial charge in [0.1, 0.15) is 0 Å². The first kappa shape index (κ1) is 14.2. The Hall–Kier alpha value is -0.250. The molecule has 2 atom stereocenters. The maximum atomic E-state index is 12.1. The van der Waals surface area contributed by atoms with Crippen LogP contribution < -0.4 is 5.32 Å². The van der Waals surface area contributed by atoms with Gasteiger partial charge < -0.3 is 5.32 Å². The molecule has 18 heavy (non-hydrogen) atoms. The lowest BCUT2D eigenvalue weighted by Crippen LogP contribution is -2.37. The summed E-state index contributed by atoms with van der Waals surface area (Å²) in [5, 5.41) is 3.60. The van der Waals surface area contributed by atoms with E-state index >= 15 is 0 Å². The average molecular weight is 351 g/mol. The third kappa shape index (κ3) is 3.40. The standard InChI is InChI=1S/C13H14BrCl2NO/c14-10-4-9(5-11(16)6-10)13(18)17-12-3-1-2-8(12)7-15/h4-6,8,12H,1-3,7H2,(H,17,18). The Morgan fingerprint density at radius 1 is 1.39 bits per heavy atom. The molecule has 0 bridgehead atoms. The molecule has 0 saturated heterocycles.